The van der Waals surface area contributed by atoms with Gasteiger partial charge in [0, 0.05) is 35.8 Å². The van der Waals surface area contributed by atoms with Crippen LogP contribution in [0, 0.1) is 0 Å². The summed E-state index contributed by atoms with van der Waals surface area (Å²) in [5.74, 6) is 1.77. The molecular formula is C28H32IN5O2. The highest BCUT2D eigenvalue weighted by Crippen LogP contribution is 2.48. The van der Waals surface area contributed by atoms with E-state index >= 15 is 0 Å². The van der Waals surface area contributed by atoms with Gasteiger partial charge in [-0.05, 0) is 80.5 Å². The van der Waals surface area contributed by atoms with Crippen LogP contribution in [0.2, 0.25) is 0 Å². The normalized spacial score (nSPS) is 21.1. The number of fused-ring (bicyclic) bond motifs is 2. The molecule has 3 aromatic rings. The van der Waals surface area contributed by atoms with Crippen molar-refractivity contribution in [2.45, 2.75) is 54.2 Å². The van der Waals surface area contributed by atoms with E-state index in [0.717, 1.165) is 66.9 Å². The number of piperidine rings is 1. The number of nitrogens with one attached hydrogen (secondary N) is 3. The number of carbonyl (C=O) groups excluding carboxylic acids is 1. The Morgan fingerprint density at radius 1 is 1.11 bits per heavy atom. The molecule has 2 aromatic carbocycles. The molecule has 2 fully saturated rings. The lowest BCUT2D eigenvalue weighted by Crippen LogP contribution is -2.48. The van der Waals surface area contributed by atoms with Crippen LogP contribution in [0.3, 0.4) is 0 Å². The first kappa shape index (κ1) is 23.8. The van der Waals surface area contributed by atoms with Crippen LogP contribution in [0.25, 0.3) is 10.9 Å². The van der Waals surface area contributed by atoms with Crippen LogP contribution in [0.5, 0.6) is 5.75 Å². The van der Waals surface area contributed by atoms with Gasteiger partial charge in [0.15, 0.2) is 0 Å². The average Bonchev–Trinajstić information content (AvgIpc) is 3.51. The molecule has 0 radical (unpaired) electrons. The lowest BCUT2D eigenvalue weighted by Gasteiger charge is -2.35. The number of alkyl halides is 1. The number of hydrogen-bond acceptors (Lipinski definition) is 5. The number of anilines is 2. The van der Waals surface area contributed by atoms with Crippen LogP contribution in [-0.4, -0.2) is 45.7 Å². The van der Waals surface area contributed by atoms with E-state index in [-0.39, 0.29) is 18.1 Å². The summed E-state index contributed by atoms with van der Waals surface area (Å²) in [7, 11) is 1.73. The molecule has 3 aliphatic rings. The van der Waals surface area contributed by atoms with Crippen LogP contribution >= 0.6 is 22.6 Å². The number of aromatic nitrogens is 1. The van der Waals surface area contributed by atoms with E-state index in [1.807, 2.05) is 30.3 Å². The molecule has 188 valence electrons. The zero-order valence-corrected chi connectivity index (χ0v) is 22.7. The lowest BCUT2D eigenvalue weighted by molar-refractivity contribution is 0.182. The Morgan fingerprint density at radius 3 is 2.72 bits per heavy atom. The summed E-state index contributed by atoms with van der Waals surface area (Å²) >= 11 is 2.59. The van der Waals surface area contributed by atoms with Gasteiger partial charge in [-0.15, -0.1) is 0 Å². The van der Waals surface area contributed by atoms with Crippen molar-refractivity contribution in [1.82, 2.24) is 15.2 Å². The van der Waals surface area contributed by atoms with Gasteiger partial charge >= 0.3 is 6.03 Å². The third-order valence-electron chi connectivity index (χ3n) is 7.76. The standard InChI is InChI=1S/C28H32IN5O2/c1-36-24-4-2-3-18-5-8-23(26(18)24)33-25-10-6-19-17-21(7-9-22(19)32-25)31-27(35)30-20-11-15-34(16-12-20)28(29)13-14-28/h2-4,6-7,9-10,17,20,23H,5,8,11-16H2,1H3,(H,32,33)(H2,30,31,35). The van der Waals surface area contributed by atoms with Crippen molar-refractivity contribution >= 4 is 51.0 Å². The highest BCUT2D eigenvalue weighted by Gasteiger charge is 2.46. The molecule has 2 heterocycles. The monoisotopic (exact) mass is 597 g/mol. The van der Waals surface area contributed by atoms with Gasteiger partial charge in [-0.25, -0.2) is 9.78 Å². The Labute approximate surface area is 225 Å². The maximum Gasteiger partial charge on any atom is 0.319 e. The summed E-state index contributed by atoms with van der Waals surface area (Å²) in [6.07, 6.45) is 6.66. The fourth-order valence-electron chi connectivity index (χ4n) is 5.63. The smallest absolute Gasteiger partial charge is 0.319 e. The number of pyridine rings is 1. The Balaban J connectivity index is 1.07. The fraction of sp³-hybridized carbons (Fsp3) is 0.429. The lowest BCUT2D eigenvalue weighted by atomic mass is 10.1. The number of carbonyl (C=O) groups is 1. The molecule has 8 heteroatoms. The zero-order valence-electron chi connectivity index (χ0n) is 20.5. The van der Waals surface area contributed by atoms with Crippen molar-refractivity contribution in [2.24, 2.45) is 0 Å². The van der Waals surface area contributed by atoms with Crippen LogP contribution in [-0.2, 0) is 6.42 Å². The van der Waals surface area contributed by atoms with Crippen molar-refractivity contribution in [3.05, 3.63) is 59.7 Å². The Hall–Kier alpha value is -2.59. The second-order valence-corrected chi connectivity index (χ2v) is 12.2. The van der Waals surface area contributed by atoms with Gasteiger partial charge in [-0.2, -0.15) is 0 Å². The largest absolute Gasteiger partial charge is 0.496 e. The Kier molecular flexibility index (Phi) is 6.41. The minimum absolute atomic E-state index is 0.136. The molecule has 1 aliphatic heterocycles. The van der Waals surface area contributed by atoms with Gasteiger partial charge < -0.3 is 20.7 Å². The highest BCUT2D eigenvalue weighted by atomic mass is 127. The maximum absolute atomic E-state index is 12.6. The summed E-state index contributed by atoms with van der Waals surface area (Å²) < 4.78 is 6.00. The number of hydrogen-bond donors (Lipinski definition) is 3. The molecule has 0 spiro atoms. The number of nitrogens with zero attached hydrogens (tertiary/aromatic N) is 2. The van der Waals surface area contributed by atoms with E-state index in [1.165, 1.54) is 24.0 Å². The fourth-order valence-corrected chi connectivity index (χ4v) is 6.38. The van der Waals surface area contributed by atoms with E-state index in [1.54, 1.807) is 7.11 Å². The van der Waals surface area contributed by atoms with Gasteiger partial charge in [0.1, 0.15) is 11.6 Å². The molecule has 0 bridgehead atoms. The molecule has 6 rings (SSSR count). The van der Waals surface area contributed by atoms with Gasteiger partial charge in [-0.1, -0.05) is 34.7 Å². The third kappa shape index (κ3) is 4.85. The zero-order chi connectivity index (χ0) is 24.7. The maximum atomic E-state index is 12.6. The first-order chi connectivity index (χ1) is 17.5. The molecule has 36 heavy (non-hydrogen) atoms. The summed E-state index contributed by atoms with van der Waals surface area (Å²) in [5, 5.41) is 10.8. The third-order valence-corrected chi connectivity index (χ3v) is 9.52. The van der Waals surface area contributed by atoms with E-state index in [9.17, 15) is 4.79 Å². The molecule has 1 atom stereocenters. The van der Waals surface area contributed by atoms with Crippen LogP contribution < -0.4 is 20.7 Å². The molecular weight excluding hydrogens is 565 g/mol. The summed E-state index contributed by atoms with van der Waals surface area (Å²) in [6.45, 7) is 2.12. The molecule has 7 nitrogen and oxygen atoms in total. The van der Waals surface area contributed by atoms with Crippen molar-refractivity contribution in [2.75, 3.05) is 30.8 Å². The predicted molar refractivity (Wildman–Crippen MR) is 152 cm³/mol. The SMILES string of the molecule is COc1cccc2c1C(Nc1ccc3cc(NC(=O)NC4CCN(C5(I)CC5)CC4)ccc3n1)CC2. The quantitative estimate of drug-likeness (QED) is 0.189. The predicted octanol–water partition coefficient (Wildman–Crippen LogP) is 5.85. The van der Waals surface area contributed by atoms with Crippen LogP contribution in [0.1, 0.15) is 49.3 Å². The van der Waals surface area contributed by atoms with Crippen molar-refractivity contribution in [1.29, 1.82) is 0 Å². The topological polar surface area (TPSA) is 78.5 Å². The number of halogens is 1. The number of aryl methyl sites for hydroxylation is 1. The van der Waals surface area contributed by atoms with Crippen LogP contribution in [0.4, 0.5) is 16.3 Å². The molecule has 2 aliphatic carbocycles. The molecule has 1 aromatic heterocycles. The number of methoxy groups -OCH3 is 1. The molecule has 1 saturated carbocycles. The molecule has 1 unspecified atom stereocenters. The van der Waals surface area contributed by atoms with Gasteiger partial charge in [0.2, 0.25) is 0 Å². The minimum atomic E-state index is -0.136. The van der Waals surface area contributed by atoms with Gasteiger partial charge in [0.05, 0.1) is 22.2 Å². The van der Waals surface area contributed by atoms with Crippen LogP contribution in [0.15, 0.2) is 48.5 Å². The highest BCUT2D eigenvalue weighted by molar-refractivity contribution is 14.1. The van der Waals surface area contributed by atoms with Gasteiger partial charge in [-0.3, -0.25) is 4.90 Å². The molecule has 2 amide bonds. The number of ether oxygens (including phenoxy) is 1. The second kappa shape index (κ2) is 9.70. The summed E-state index contributed by atoms with van der Waals surface area (Å²) in [4.78, 5) is 20.0. The second-order valence-electron chi connectivity index (χ2n) is 10.2. The summed E-state index contributed by atoms with van der Waals surface area (Å²) in [5.41, 5.74) is 4.24. The number of rotatable bonds is 6. The molecule has 3 N–H and O–H groups in total. The van der Waals surface area contributed by atoms with E-state index in [4.69, 9.17) is 9.72 Å². The van der Waals surface area contributed by atoms with Crippen molar-refractivity contribution in [3.63, 3.8) is 0 Å². The van der Waals surface area contributed by atoms with E-state index in [2.05, 4.69) is 61.6 Å². The first-order valence-corrected chi connectivity index (χ1v) is 13.9. The Bertz CT molecular complexity index is 1290. The number of urea groups is 1. The summed E-state index contributed by atoms with van der Waals surface area (Å²) in [6, 6.07) is 16.5. The minimum Gasteiger partial charge on any atom is -0.496 e. The average molecular weight is 598 g/mol. The number of amides is 2. The van der Waals surface area contributed by atoms with Crippen molar-refractivity contribution in [3.8, 4) is 5.75 Å². The van der Waals surface area contributed by atoms with Gasteiger partial charge in [0.25, 0.3) is 0 Å². The Morgan fingerprint density at radius 2 is 1.94 bits per heavy atom. The molecule has 1 saturated heterocycles. The number of likely N-dealkylation sites (tertiary alicyclic amines) is 1. The number of benzene rings is 2. The van der Waals surface area contributed by atoms with Crippen molar-refractivity contribution < 1.29 is 9.53 Å². The first-order valence-electron chi connectivity index (χ1n) is 12.9. The van der Waals surface area contributed by atoms with E-state index < -0.39 is 0 Å². The van der Waals surface area contributed by atoms with E-state index in [0.29, 0.717) is 3.55 Å².